The Balaban J connectivity index is 1.84. The summed E-state index contributed by atoms with van der Waals surface area (Å²) >= 11 is 1.63. The van der Waals surface area contributed by atoms with E-state index in [1.807, 2.05) is 12.3 Å². The molecular weight excluding hydrogens is 220 g/mol. The van der Waals surface area contributed by atoms with Gasteiger partial charge < -0.3 is 11.1 Å². The highest BCUT2D eigenvalue weighted by atomic mass is 32.2. The van der Waals surface area contributed by atoms with Crippen LogP contribution in [0.1, 0.15) is 19.3 Å². The van der Waals surface area contributed by atoms with Gasteiger partial charge in [0.25, 0.3) is 0 Å². The summed E-state index contributed by atoms with van der Waals surface area (Å²) in [6, 6.07) is 2.39. The summed E-state index contributed by atoms with van der Waals surface area (Å²) in [6.07, 6.45) is 7.14. The minimum atomic E-state index is 0.402. The van der Waals surface area contributed by atoms with Crippen molar-refractivity contribution in [1.82, 2.24) is 9.97 Å². The lowest BCUT2D eigenvalue weighted by Crippen LogP contribution is -2.18. The van der Waals surface area contributed by atoms with E-state index in [2.05, 4.69) is 15.3 Å². The first-order valence-corrected chi connectivity index (χ1v) is 6.86. The van der Waals surface area contributed by atoms with E-state index in [1.165, 1.54) is 6.42 Å². The van der Waals surface area contributed by atoms with Crippen LogP contribution in [-0.2, 0) is 0 Å². The molecular formula is C11H18N4S. The molecule has 0 amide bonds. The maximum Gasteiger partial charge on any atom is 0.130 e. The standard InChI is InChI=1S/C11H18N4S/c1-16-11-5-10(14-7-15-11)13-6-8-2-3-9(12)4-8/h5,7-9H,2-4,6,12H2,1H3,(H,13,14,15). The molecule has 1 aromatic heterocycles. The molecule has 16 heavy (non-hydrogen) atoms. The molecule has 0 aliphatic heterocycles. The molecule has 2 atom stereocenters. The van der Waals surface area contributed by atoms with E-state index < -0.39 is 0 Å². The molecule has 2 rings (SSSR count). The van der Waals surface area contributed by atoms with Crippen molar-refractivity contribution in [3.8, 4) is 0 Å². The van der Waals surface area contributed by atoms with Crippen molar-refractivity contribution in [3.63, 3.8) is 0 Å². The number of hydrogen-bond donors (Lipinski definition) is 2. The molecule has 5 heteroatoms. The molecule has 1 fully saturated rings. The molecule has 2 unspecified atom stereocenters. The molecule has 1 aromatic rings. The van der Waals surface area contributed by atoms with Gasteiger partial charge in [0.15, 0.2) is 0 Å². The summed E-state index contributed by atoms with van der Waals surface area (Å²) in [5.74, 6) is 1.61. The Hall–Kier alpha value is -0.810. The summed E-state index contributed by atoms with van der Waals surface area (Å²) in [7, 11) is 0. The van der Waals surface area contributed by atoms with Crippen molar-refractivity contribution in [2.75, 3.05) is 18.1 Å². The predicted molar refractivity (Wildman–Crippen MR) is 67.6 cm³/mol. The zero-order valence-corrected chi connectivity index (χ0v) is 10.3. The van der Waals surface area contributed by atoms with Gasteiger partial charge in [0.2, 0.25) is 0 Å². The summed E-state index contributed by atoms with van der Waals surface area (Å²) in [5, 5.41) is 4.36. The van der Waals surface area contributed by atoms with Crippen LogP contribution in [0.15, 0.2) is 17.4 Å². The Morgan fingerprint density at radius 2 is 2.38 bits per heavy atom. The molecule has 0 aromatic carbocycles. The number of nitrogens with one attached hydrogen (secondary N) is 1. The van der Waals surface area contributed by atoms with Crippen LogP contribution in [0.5, 0.6) is 0 Å². The smallest absolute Gasteiger partial charge is 0.130 e. The van der Waals surface area contributed by atoms with E-state index >= 15 is 0 Å². The van der Waals surface area contributed by atoms with E-state index in [-0.39, 0.29) is 0 Å². The zero-order chi connectivity index (χ0) is 11.4. The SMILES string of the molecule is CSc1cc(NCC2CCC(N)C2)ncn1. The molecule has 0 bridgehead atoms. The van der Waals surface area contributed by atoms with E-state index in [0.29, 0.717) is 12.0 Å². The quantitative estimate of drug-likeness (QED) is 0.618. The molecule has 88 valence electrons. The summed E-state index contributed by atoms with van der Waals surface area (Å²) in [6.45, 7) is 0.971. The largest absolute Gasteiger partial charge is 0.370 e. The second kappa shape index (κ2) is 5.50. The minimum Gasteiger partial charge on any atom is -0.370 e. The fourth-order valence-electron chi connectivity index (χ4n) is 2.10. The number of nitrogens with zero attached hydrogens (tertiary/aromatic N) is 2. The third-order valence-corrected chi connectivity index (χ3v) is 3.65. The van der Waals surface area contributed by atoms with Crippen LogP contribution in [0.3, 0.4) is 0 Å². The average Bonchev–Trinajstić information content (AvgIpc) is 2.73. The van der Waals surface area contributed by atoms with Crippen molar-refractivity contribution in [2.24, 2.45) is 11.7 Å². The fraction of sp³-hybridized carbons (Fsp3) is 0.636. The maximum absolute atomic E-state index is 5.88. The summed E-state index contributed by atoms with van der Waals surface area (Å²) < 4.78 is 0. The zero-order valence-electron chi connectivity index (χ0n) is 9.52. The first kappa shape index (κ1) is 11.7. The van der Waals surface area contributed by atoms with Crippen LogP contribution < -0.4 is 11.1 Å². The summed E-state index contributed by atoms with van der Waals surface area (Å²) in [5.41, 5.74) is 5.88. The van der Waals surface area contributed by atoms with Crippen molar-refractivity contribution in [2.45, 2.75) is 30.3 Å². The molecule has 0 spiro atoms. The summed E-state index contributed by atoms with van der Waals surface area (Å²) in [4.78, 5) is 8.34. The van der Waals surface area contributed by atoms with Crippen molar-refractivity contribution >= 4 is 17.6 Å². The Morgan fingerprint density at radius 3 is 3.06 bits per heavy atom. The van der Waals surface area contributed by atoms with Gasteiger partial charge in [-0.1, -0.05) is 0 Å². The third kappa shape index (κ3) is 3.09. The van der Waals surface area contributed by atoms with Crippen LogP contribution in [0.4, 0.5) is 5.82 Å². The number of thioether (sulfide) groups is 1. The van der Waals surface area contributed by atoms with Crippen LogP contribution in [0.25, 0.3) is 0 Å². The van der Waals surface area contributed by atoms with E-state index in [0.717, 1.165) is 30.2 Å². The molecule has 1 aliphatic carbocycles. The van der Waals surface area contributed by atoms with Gasteiger partial charge in [-0.15, -0.1) is 11.8 Å². The predicted octanol–water partition coefficient (Wildman–Crippen LogP) is 1.74. The fourth-order valence-corrected chi connectivity index (χ4v) is 2.48. The molecule has 4 nitrogen and oxygen atoms in total. The van der Waals surface area contributed by atoms with E-state index in [4.69, 9.17) is 5.73 Å². The average molecular weight is 238 g/mol. The monoisotopic (exact) mass is 238 g/mol. The lowest BCUT2D eigenvalue weighted by Gasteiger charge is -2.11. The highest BCUT2D eigenvalue weighted by Gasteiger charge is 2.21. The highest BCUT2D eigenvalue weighted by Crippen LogP contribution is 2.24. The Kier molecular flexibility index (Phi) is 4.01. The Morgan fingerprint density at radius 1 is 1.50 bits per heavy atom. The van der Waals surface area contributed by atoms with Gasteiger partial charge in [0.05, 0.1) is 0 Å². The molecule has 1 aliphatic rings. The molecule has 0 radical (unpaired) electrons. The Labute approximate surface area is 100 Å². The lowest BCUT2D eigenvalue weighted by atomic mass is 10.1. The van der Waals surface area contributed by atoms with Crippen molar-refractivity contribution in [1.29, 1.82) is 0 Å². The first-order valence-electron chi connectivity index (χ1n) is 5.63. The topological polar surface area (TPSA) is 63.8 Å². The van der Waals surface area contributed by atoms with Crippen LogP contribution in [0.2, 0.25) is 0 Å². The molecule has 1 heterocycles. The maximum atomic E-state index is 5.88. The van der Waals surface area contributed by atoms with Crippen LogP contribution in [-0.4, -0.2) is 28.8 Å². The number of anilines is 1. The van der Waals surface area contributed by atoms with Gasteiger partial charge in [0.1, 0.15) is 17.2 Å². The van der Waals surface area contributed by atoms with Gasteiger partial charge >= 0.3 is 0 Å². The molecule has 3 N–H and O–H groups in total. The minimum absolute atomic E-state index is 0.402. The number of rotatable bonds is 4. The number of hydrogen-bond acceptors (Lipinski definition) is 5. The number of aromatic nitrogens is 2. The van der Waals surface area contributed by atoms with E-state index in [9.17, 15) is 0 Å². The van der Waals surface area contributed by atoms with Gasteiger partial charge in [-0.05, 0) is 31.4 Å². The van der Waals surface area contributed by atoms with Crippen molar-refractivity contribution in [3.05, 3.63) is 12.4 Å². The normalized spacial score (nSPS) is 24.6. The van der Waals surface area contributed by atoms with Crippen LogP contribution >= 0.6 is 11.8 Å². The Bertz CT molecular complexity index is 345. The van der Waals surface area contributed by atoms with Crippen LogP contribution in [0, 0.1) is 5.92 Å². The second-order valence-electron chi connectivity index (χ2n) is 4.27. The third-order valence-electron chi connectivity index (χ3n) is 3.00. The van der Waals surface area contributed by atoms with Gasteiger partial charge in [-0.3, -0.25) is 0 Å². The van der Waals surface area contributed by atoms with Gasteiger partial charge in [0, 0.05) is 18.7 Å². The number of nitrogens with two attached hydrogens (primary N) is 1. The highest BCUT2D eigenvalue weighted by molar-refractivity contribution is 7.98. The van der Waals surface area contributed by atoms with Gasteiger partial charge in [-0.25, -0.2) is 9.97 Å². The lowest BCUT2D eigenvalue weighted by molar-refractivity contribution is 0.564. The molecule has 1 saturated carbocycles. The van der Waals surface area contributed by atoms with Gasteiger partial charge in [-0.2, -0.15) is 0 Å². The van der Waals surface area contributed by atoms with Crippen molar-refractivity contribution < 1.29 is 0 Å². The van der Waals surface area contributed by atoms with E-state index in [1.54, 1.807) is 18.1 Å². The molecule has 0 saturated heterocycles. The second-order valence-corrected chi connectivity index (χ2v) is 5.09. The first-order chi connectivity index (χ1) is 7.78.